The number of pyridine rings is 2. The molecule has 1 aliphatic heterocycles. The monoisotopic (exact) mass is 613 g/mol. The lowest BCUT2D eigenvalue weighted by Gasteiger charge is -2.32. The molecule has 1 aromatic carbocycles. The zero-order valence-corrected chi connectivity index (χ0v) is 24.2. The number of aromatic nitrogens is 4. The molecule has 0 radical (unpaired) electrons. The molecule has 6 rings (SSSR count). The SMILES string of the molecule is N#CCC1(Cn2c(CN3CCC(Oc4ccc(F)c(COc5ccc(C#N)cc5F)n4)CC3)nc3ccc(C(=O)O)nc32)CC1. The van der Waals surface area contributed by atoms with Crippen LogP contribution in [0.15, 0.2) is 42.5 Å². The molecule has 1 aliphatic carbocycles. The third-order valence-corrected chi connectivity index (χ3v) is 8.30. The number of hydrogen-bond donors (Lipinski definition) is 1. The number of fused-ring (bicyclic) bond motifs is 1. The Hall–Kier alpha value is -5.14. The highest BCUT2D eigenvalue weighted by Gasteiger charge is 2.43. The first-order valence-electron chi connectivity index (χ1n) is 14.6. The van der Waals surface area contributed by atoms with Gasteiger partial charge in [-0.15, -0.1) is 0 Å². The van der Waals surface area contributed by atoms with E-state index in [-0.39, 0.29) is 46.7 Å². The summed E-state index contributed by atoms with van der Waals surface area (Å²) < 4.78 is 42.1. The second kappa shape index (κ2) is 12.5. The molecule has 4 aromatic rings. The Morgan fingerprint density at radius 3 is 2.53 bits per heavy atom. The molecule has 0 bridgehead atoms. The van der Waals surface area contributed by atoms with Crippen LogP contribution < -0.4 is 9.47 Å². The van der Waals surface area contributed by atoms with Crippen molar-refractivity contribution in [2.75, 3.05) is 13.1 Å². The Labute approximate surface area is 257 Å². The van der Waals surface area contributed by atoms with Gasteiger partial charge in [0.05, 0.1) is 24.2 Å². The molecule has 45 heavy (non-hydrogen) atoms. The van der Waals surface area contributed by atoms with Crippen LogP contribution in [0.2, 0.25) is 0 Å². The number of aromatic carboxylic acids is 1. The summed E-state index contributed by atoms with van der Waals surface area (Å²) in [5, 5.41) is 27.7. The number of piperidine rings is 1. The van der Waals surface area contributed by atoms with E-state index >= 15 is 0 Å². The Bertz CT molecular complexity index is 1840. The van der Waals surface area contributed by atoms with E-state index in [9.17, 15) is 23.9 Å². The van der Waals surface area contributed by atoms with E-state index in [1.54, 1.807) is 6.07 Å². The number of nitrogens with zero attached hydrogens (tertiary/aromatic N) is 7. The van der Waals surface area contributed by atoms with Gasteiger partial charge in [-0.05, 0) is 62.1 Å². The van der Waals surface area contributed by atoms with Crippen molar-refractivity contribution in [3.8, 4) is 23.8 Å². The molecule has 11 nitrogen and oxygen atoms in total. The third kappa shape index (κ3) is 6.69. The summed E-state index contributed by atoms with van der Waals surface area (Å²) in [5.41, 5.74) is 1.06. The fraction of sp³-hybridized carbons (Fsp3) is 0.375. The summed E-state index contributed by atoms with van der Waals surface area (Å²) in [5.74, 6) is -1.54. The molecule has 0 spiro atoms. The summed E-state index contributed by atoms with van der Waals surface area (Å²) >= 11 is 0. The maximum Gasteiger partial charge on any atom is 0.354 e. The predicted octanol–water partition coefficient (Wildman–Crippen LogP) is 4.99. The normalized spacial score (nSPS) is 16.2. The molecule has 0 amide bonds. The minimum atomic E-state index is -1.11. The first-order valence-corrected chi connectivity index (χ1v) is 14.6. The van der Waals surface area contributed by atoms with Crippen molar-refractivity contribution in [3.63, 3.8) is 0 Å². The van der Waals surface area contributed by atoms with Crippen molar-refractivity contribution < 1.29 is 28.2 Å². The number of benzene rings is 1. The Morgan fingerprint density at radius 2 is 1.84 bits per heavy atom. The van der Waals surface area contributed by atoms with Crippen molar-refractivity contribution in [2.24, 2.45) is 5.41 Å². The Balaban J connectivity index is 1.09. The smallest absolute Gasteiger partial charge is 0.354 e. The highest BCUT2D eigenvalue weighted by atomic mass is 19.1. The molecular weight excluding hydrogens is 584 g/mol. The van der Waals surface area contributed by atoms with Crippen LogP contribution in [0.3, 0.4) is 0 Å². The largest absolute Gasteiger partial charge is 0.484 e. The van der Waals surface area contributed by atoms with Crippen molar-refractivity contribution in [2.45, 2.75) is 57.9 Å². The van der Waals surface area contributed by atoms with E-state index in [1.807, 2.05) is 10.6 Å². The van der Waals surface area contributed by atoms with Gasteiger partial charge in [-0.25, -0.2) is 28.5 Å². The number of carboxylic acid groups (broad SMARTS) is 1. The van der Waals surface area contributed by atoms with Gasteiger partial charge in [0.15, 0.2) is 22.9 Å². The van der Waals surface area contributed by atoms with E-state index in [4.69, 9.17) is 19.7 Å². The molecule has 0 atom stereocenters. The maximum absolute atomic E-state index is 14.5. The molecule has 13 heteroatoms. The molecular formula is C32H29F2N7O4. The topological polar surface area (TPSA) is 150 Å². The highest BCUT2D eigenvalue weighted by Crippen LogP contribution is 2.50. The number of imidazole rings is 1. The summed E-state index contributed by atoms with van der Waals surface area (Å²) in [4.78, 5) is 27.3. The Kier molecular flexibility index (Phi) is 8.28. The zero-order chi connectivity index (χ0) is 31.6. The van der Waals surface area contributed by atoms with E-state index < -0.39 is 17.6 Å². The molecule has 1 saturated carbocycles. The average molecular weight is 614 g/mol. The van der Waals surface area contributed by atoms with Gasteiger partial charge >= 0.3 is 5.97 Å². The van der Waals surface area contributed by atoms with Crippen LogP contribution in [0.1, 0.15) is 59.7 Å². The molecule has 3 aromatic heterocycles. The zero-order valence-electron chi connectivity index (χ0n) is 24.2. The van der Waals surface area contributed by atoms with Crippen LogP contribution in [0.25, 0.3) is 11.2 Å². The van der Waals surface area contributed by atoms with Gasteiger partial charge < -0.3 is 19.1 Å². The number of rotatable bonds is 11. The van der Waals surface area contributed by atoms with E-state index in [0.29, 0.717) is 56.6 Å². The number of carboxylic acids is 1. The van der Waals surface area contributed by atoms with Crippen molar-refractivity contribution in [1.29, 1.82) is 10.5 Å². The van der Waals surface area contributed by atoms with Crippen molar-refractivity contribution >= 4 is 17.1 Å². The number of ether oxygens (including phenoxy) is 2. The van der Waals surface area contributed by atoms with Gasteiger partial charge in [0.2, 0.25) is 5.88 Å². The van der Waals surface area contributed by atoms with E-state index in [1.165, 1.54) is 30.3 Å². The lowest BCUT2D eigenvalue weighted by Crippen LogP contribution is -2.38. The summed E-state index contributed by atoms with van der Waals surface area (Å²) in [7, 11) is 0. The number of hydrogen-bond acceptors (Lipinski definition) is 9. The maximum atomic E-state index is 14.5. The van der Waals surface area contributed by atoms with Crippen molar-refractivity contribution in [1.82, 2.24) is 24.4 Å². The molecule has 230 valence electrons. The van der Waals surface area contributed by atoms with Crippen molar-refractivity contribution in [3.05, 3.63) is 76.9 Å². The van der Waals surface area contributed by atoms with Crippen LogP contribution in [-0.4, -0.2) is 54.7 Å². The quantitative estimate of drug-likeness (QED) is 0.245. The van der Waals surface area contributed by atoms with Gasteiger partial charge in [-0.1, -0.05) is 0 Å². The lowest BCUT2D eigenvalue weighted by atomic mass is 10.0. The van der Waals surface area contributed by atoms with Crippen LogP contribution in [0.5, 0.6) is 11.6 Å². The van der Waals surface area contributed by atoms with Crippen LogP contribution >= 0.6 is 0 Å². The van der Waals surface area contributed by atoms with Crippen LogP contribution in [-0.2, 0) is 19.7 Å². The predicted molar refractivity (Wildman–Crippen MR) is 155 cm³/mol. The second-order valence-electron chi connectivity index (χ2n) is 11.5. The van der Waals surface area contributed by atoms with Gasteiger partial charge in [0.1, 0.15) is 35.6 Å². The number of halogens is 2. The van der Waals surface area contributed by atoms with Gasteiger partial charge in [0, 0.05) is 37.5 Å². The Morgan fingerprint density at radius 1 is 1.04 bits per heavy atom. The molecule has 1 N–H and O–H groups in total. The molecule has 0 unspecified atom stereocenters. The molecule has 1 saturated heterocycles. The fourth-order valence-electron chi connectivity index (χ4n) is 5.55. The molecule has 4 heterocycles. The van der Waals surface area contributed by atoms with Gasteiger partial charge in [0.25, 0.3) is 0 Å². The minimum absolute atomic E-state index is 0.0305. The summed E-state index contributed by atoms with van der Waals surface area (Å²) in [6, 6.07) is 13.7. The van der Waals surface area contributed by atoms with E-state index in [2.05, 4.69) is 20.9 Å². The molecule has 2 fully saturated rings. The number of carbonyl (C=O) groups is 1. The minimum Gasteiger partial charge on any atom is -0.484 e. The van der Waals surface area contributed by atoms with Gasteiger partial charge in [-0.3, -0.25) is 4.90 Å². The highest BCUT2D eigenvalue weighted by molar-refractivity contribution is 5.88. The average Bonchev–Trinajstić information content (AvgIpc) is 3.72. The molecule has 2 aliphatic rings. The fourth-order valence-corrected chi connectivity index (χ4v) is 5.55. The second-order valence-corrected chi connectivity index (χ2v) is 11.5. The van der Waals surface area contributed by atoms with Crippen LogP contribution in [0, 0.1) is 39.7 Å². The first-order chi connectivity index (χ1) is 21.8. The van der Waals surface area contributed by atoms with E-state index in [0.717, 1.165) is 24.7 Å². The number of nitriles is 2. The third-order valence-electron chi connectivity index (χ3n) is 8.30. The summed E-state index contributed by atoms with van der Waals surface area (Å²) in [6.07, 6.45) is 3.48. The summed E-state index contributed by atoms with van der Waals surface area (Å²) in [6.45, 7) is 2.16. The standard InChI is InChI=1S/C32H29F2N7O4/c33-22-2-6-29(38-26(22)18-44-27-5-1-20(16-36)15-23(27)34)45-21-7-13-40(14-8-21)17-28-37-24-3-4-25(31(42)43)39-30(24)41(28)19-32(9-10-32)11-12-35/h1-6,15,21H,7-11,13-14,17-19H2,(H,42,43). The first kappa shape index (κ1) is 29.9. The lowest BCUT2D eigenvalue weighted by molar-refractivity contribution is 0.0690. The van der Waals surface area contributed by atoms with Gasteiger partial charge in [-0.2, -0.15) is 10.5 Å². The number of likely N-dealkylation sites (tertiary alicyclic amines) is 1. The van der Waals surface area contributed by atoms with Crippen LogP contribution in [0.4, 0.5) is 8.78 Å².